The average Bonchev–Trinajstić information content (AvgIpc) is 2.34. The summed E-state index contributed by atoms with van der Waals surface area (Å²) in [6, 6.07) is 6.42. The van der Waals surface area contributed by atoms with Crippen molar-refractivity contribution in [2.75, 3.05) is 12.8 Å². The molecule has 0 saturated heterocycles. The van der Waals surface area contributed by atoms with E-state index in [-0.39, 0.29) is 0 Å². The first kappa shape index (κ1) is 13.7. The van der Waals surface area contributed by atoms with Crippen LogP contribution >= 0.6 is 11.6 Å². The van der Waals surface area contributed by atoms with Gasteiger partial charge in [0.2, 0.25) is 0 Å². The van der Waals surface area contributed by atoms with Crippen LogP contribution in [0.3, 0.4) is 0 Å². The summed E-state index contributed by atoms with van der Waals surface area (Å²) >= 11 is 6.04. The molecule has 2 atom stereocenters. The summed E-state index contributed by atoms with van der Waals surface area (Å²) in [5, 5.41) is 0.768. The molecule has 0 radical (unpaired) electrons. The highest BCUT2D eigenvalue weighted by atomic mass is 35.5. The fourth-order valence-electron chi connectivity index (χ4n) is 2.91. The Morgan fingerprint density at radius 1 is 1.39 bits per heavy atom. The van der Waals surface area contributed by atoms with E-state index in [4.69, 9.17) is 17.3 Å². The first-order chi connectivity index (χ1) is 8.56. The van der Waals surface area contributed by atoms with Crippen LogP contribution in [0.25, 0.3) is 0 Å². The molecular formula is C15H23ClN2. The summed E-state index contributed by atoms with van der Waals surface area (Å²) in [4.78, 5) is 2.43. The maximum Gasteiger partial charge on any atom is 0.0410 e. The summed E-state index contributed by atoms with van der Waals surface area (Å²) in [6.45, 7) is 3.25. The van der Waals surface area contributed by atoms with Gasteiger partial charge in [0.25, 0.3) is 0 Å². The number of halogens is 1. The monoisotopic (exact) mass is 266 g/mol. The number of rotatable bonds is 3. The van der Waals surface area contributed by atoms with E-state index in [0.29, 0.717) is 6.04 Å². The Morgan fingerprint density at radius 2 is 2.17 bits per heavy atom. The molecule has 2 N–H and O–H groups in total. The third-order valence-electron chi connectivity index (χ3n) is 4.06. The van der Waals surface area contributed by atoms with E-state index < -0.39 is 0 Å². The van der Waals surface area contributed by atoms with Gasteiger partial charge in [-0.25, -0.2) is 0 Å². The minimum atomic E-state index is 0.687. The largest absolute Gasteiger partial charge is 0.398 e. The van der Waals surface area contributed by atoms with E-state index in [0.717, 1.165) is 28.7 Å². The SMILES string of the molecule is CC1CCCC(N(C)Cc2cc(Cl)ccc2N)C1. The molecule has 1 aromatic rings. The molecule has 0 amide bonds. The number of benzene rings is 1. The Balaban J connectivity index is 2.01. The molecule has 100 valence electrons. The molecule has 1 fully saturated rings. The van der Waals surface area contributed by atoms with Gasteiger partial charge in [0.1, 0.15) is 0 Å². The molecule has 0 aliphatic heterocycles. The second kappa shape index (κ2) is 5.94. The van der Waals surface area contributed by atoms with Crippen LogP contribution in [-0.4, -0.2) is 18.0 Å². The second-order valence-electron chi connectivity index (χ2n) is 5.68. The third kappa shape index (κ3) is 3.39. The van der Waals surface area contributed by atoms with Gasteiger partial charge in [-0.1, -0.05) is 31.4 Å². The summed E-state index contributed by atoms with van der Waals surface area (Å²) in [5.74, 6) is 0.850. The lowest BCUT2D eigenvalue weighted by molar-refractivity contribution is 0.158. The average molecular weight is 267 g/mol. The lowest BCUT2D eigenvalue weighted by atomic mass is 9.86. The molecule has 1 aromatic carbocycles. The summed E-state index contributed by atoms with van der Waals surface area (Å²) in [6.07, 6.45) is 5.34. The minimum Gasteiger partial charge on any atom is -0.398 e. The number of nitrogens with zero attached hydrogens (tertiary/aromatic N) is 1. The van der Waals surface area contributed by atoms with Crippen LogP contribution in [0.4, 0.5) is 5.69 Å². The van der Waals surface area contributed by atoms with Crippen LogP contribution in [-0.2, 0) is 6.54 Å². The Morgan fingerprint density at radius 3 is 2.89 bits per heavy atom. The first-order valence-electron chi connectivity index (χ1n) is 6.80. The molecule has 18 heavy (non-hydrogen) atoms. The summed E-state index contributed by atoms with van der Waals surface area (Å²) in [5.41, 5.74) is 7.99. The van der Waals surface area contributed by atoms with Crippen LogP contribution < -0.4 is 5.73 Å². The van der Waals surface area contributed by atoms with Crippen molar-refractivity contribution in [3.05, 3.63) is 28.8 Å². The molecule has 1 aliphatic carbocycles. The van der Waals surface area contributed by atoms with E-state index >= 15 is 0 Å². The zero-order valence-electron chi connectivity index (χ0n) is 11.3. The van der Waals surface area contributed by atoms with Gasteiger partial charge < -0.3 is 5.73 Å². The molecule has 2 nitrogen and oxygen atoms in total. The smallest absolute Gasteiger partial charge is 0.0410 e. The highest BCUT2D eigenvalue weighted by molar-refractivity contribution is 6.30. The van der Waals surface area contributed by atoms with Gasteiger partial charge in [-0.2, -0.15) is 0 Å². The maximum atomic E-state index is 6.04. The first-order valence-corrected chi connectivity index (χ1v) is 7.18. The quantitative estimate of drug-likeness (QED) is 0.840. The van der Waals surface area contributed by atoms with Gasteiger partial charge in [0, 0.05) is 23.3 Å². The van der Waals surface area contributed by atoms with E-state index in [9.17, 15) is 0 Å². The molecule has 2 rings (SSSR count). The number of hydrogen-bond acceptors (Lipinski definition) is 2. The molecule has 1 aliphatic rings. The van der Waals surface area contributed by atoms with E-state index in [1.54, 1.807) is 0 Å². The summed E-state index contributed by atoms with van der Waals surface area (Å²) in [7, 11) is 2.20. The Bertz CT molecular complexity index is 405. The van der Waals surface area contributed by atoms with Gasteiger partial charge in [0.05, 0.1) is 0 Å². The maximum absolute atomic E-state index is 6.04. The van der Waals surface area contributed by atoms with Crippen LogP contribution in [0, 0.1) is 5.92 Å². The van der Waals surface area contributed by atoms with Crippen molar-refractivity contribution in [3.63, 3.8) is 0 Å². The Kier molecular flexibility index (Phi) is 4.52. The zero-order chi connectivity index (χ0) is 13.1. The van der Waals surface area contributed by atoms with Crippen molar-refractivity contribution >= 4 is 17.3 Å². The van der Waals surface area contributed by atoms with Gasteiger partial charge in [0.15, 0.2) is 0 Å². The minimum absolute atomic E-state index is 0.687. The predicted octanol–water partition coefficient (Wildman–Crippen LogP) is 3.93. The van der Waals surface area contributed by atoms with Crippen molar-refractivity contribution in [2.24, 2.45) is 5.92 Å². The Hall–Kier alpha value is -0.730. The van der Waals surface area contributed by atoms with Crippen molar-refractivity contribution < 1.29 is 0 Å². The zero-order valence-corrected chi connectivity index (χ0v) is 12.1. The molecular weight excluding hydrogens is 244 g/mol. The fourth-order valence-corrected chi connectivity index (χ4v) is 3.11. The lowest BCUT2D eigenvalue weighted by Gasteiger charge is -2.34. The van der Waals surface area contributed by atoms with Crippen LogP contribution in [0.15, 0.2) is 18.2 Å². The molecule has 0 bridgehead atoms. The van der Waals surface area contributed by atoms with Crippen molar-refractivity contribution in [1.29, 1.82) is 0 Å². The van der Waals surface area contributed by atoms with Gasteiger partial charge in [-0.15, -0.1) is 0 Å². The van der Waals surface area contributed by atoms with Gasteiger partial charge >= 0.3 is 0 Å². The number of nitrogens with two attached hydrogens (primary N) is 1. The van der Waals surface area contributed by atoms with Crippen LogP contribution in [0.1, 0.15) is 38.2 Å². The third-order valence-corrected chi connectivity index (χ3v) is 4.29. The van der Waals surface area contributed by atoms with E-state index in [2.05, 4.69) is 18.9 Å². The Labute approximate surface area is 115 Å². The standard InChI is InChI=1S/C15H23ClN2/c1-11-4-3-5-14(8-11)18(2)10-12-9-13(16)6-7-15(12)17/h6-7,9,11,14H,3-5,8,10,17H2,1-2H3. The topological polar surface area (TPSA) is 29.3 Å². The van der Waals surface area contributed by atoms with E-state index in [1.165, 1.54) is 25.7 Å². The fraction of sp³-hybridized carbons (Fsp3) is 0.600. The van der Waals surface area contributed by atoms with E-state index in [1.807, 2.05) is 18.2 Å². The number of hydrogen-bond donors (Lipinski definition) is 1. The molecule has 0 aromatic heterocycles. The van der Waals surface area contributed by atoms with Crippen molar-refractivity contribution in [3.8, 4) is 0 Å². The number of nitrogen functional groups attached to an aromatic ring is 1. The van der Waals surface area contributed by atoms with Crippen molar-refractivity contribution in [1.82, 2.24) is 4.90 Å². The summed E-state index contributed by atoms with van der Waals surface area (Å²) < 4.78 is 0. The predicted molar refractivity (Wildman–Crippen MR) is 78.8 cm³/mol. The highest BCUT2D eigenvalue weighted by Crippen LogP contribution is 2.28. The van der Waals surface area contributed by atoms with Gasteiger partial charge in [-0.05, 0) is 49.6 Å². The number of anilines is 1. The van der Waals surface area contributed by atoms with Crippen LogP contribution in [0.2, 0.25) is 5.02 Å². The molecule has 3 heteroatoms. The molecule has 2 unspecified atom stereocenters. The molecule has 1 saturated carbocycles. The molecule has 0 spiro atoms. The van der Waals surface area contributed by atoms with Gasteiger partial charge in [-0.3, -0.25) is 4.90 Å². The van der Waals surface area contributed by atoms with Crippen molar-refractivity contribution in [2.45, 2.75) is 45.2 Å². The lowest BCUT2D eigenvalue weighted by Crippen LogP contribution is -2.35. The second-order valence-corrected chi connectivity index (χ2v) is 6.12. The van der Waals surface area contributed by atoms with Crippen LogP contribution in [0.5, 0.6) is 0 Å². The normalized spacial score (nSPS) is 24.4. The molecule has 0 heterocycles. The highest BCUT2D eigenvalue weighted by Gasteiger charge is 2.22.